The molecule has 2 rings (SSSR count). The van der Waals surface area contributed by atoms with Crippen LogP contribution >= 0.6 is 0 Å². The Morgan fingerprint density at radius 3 is 2.70 bits per heavy atom. The third kappa shape index (κ3) is 4.84. The van der Waals surface area contributed by atoms with E-state index in [1.165, 1.54) is 19.2 Å². The highest BCUT2D eigenvalue weighted by molar-refractivity contribution is 5.75. The van der Waals surface area contributed by atoms with Crippen molar-refractivity contribution in [1.82, 2.24) is 15.5 Å². The van der Waals surface area contributed by atoms with Crippen LogP contribution in [0.5, 0.6) is 0 Å². The van der Waals surface area contributed by atoms with Gasteiger partial charge in [-0.3, -0.25) is 0 Å². The highest BCUT2D eigenvalue weighted by Gasteiger charge is 2.25. The lowest BCUT2D eigenvalue weighted by Gasteiger charge is -2.32. The summed E-state index contributed by atoms with van der Waals surface area (Å²) in [5, 5.41) is 5.68. The lowest BCUT2D eigenvalue weighted by atomic mass is 10.1. The van der Waals surface area contributed by atoms with Gasteiger partial charge in [-0.05, 0) is 37.5 Å². The van der Waals surface area contributed by atoms with Crippen molar-refractivity contribution in [2.75, 3.05) is 20.2 Å². The zero-order valence-electron chi connectivity index (χ0n) is 13.3. The highest BCUT2D eigenvalue weighted by Crippen LogP contribution is 2.14. The number of hydrogen-bond acceptors (Lipinski definition) is 3. The first-order valence-corrected chi connectivity index (χ1v) is 7.65. The van der Waals surface area contributed by atoms with Crippen LogP contribution in [0.1, 0.15) is 31.4 Å². The lowest BCUT2D eigenvalue weighted by Crippen LogP contribution is -2.52. The Morgan fingerprint density at radius 1 is 1.35 bits per heavy atom. The van der Waals surface area contributed by atoms with E-state index in [0.717, 1.165) is 18.4 Å². The molecule has 1 aliphatic rings. The molecule has 1 aliphatic heterocycles. The van der Waals surface area contributed by atoms with Gasteiger partial charge >= 0.3 is 12.1 Å². The SMILES string of the molecule is COC(=O)N1CCC[C@H](NC(=O)N[C@H](C)c2ccc(F)cc2)C1. The summed E-state index contributed by atoms with van der Waals surface area (Å²) in [5.41, 5.74) is 0.821. The molecular weight excluding hydrogens is 301 g/mol. The molecular formula is C16H22FN3O3. The molecule has 0 saturated carbocycles. The zero-order valence-corrected chi connectivity index (χ0v) is 13.3. The third-order valence-corrected chi connectivity index (χ3v) is 3.91. The van der Waals surface area contributed by atoms with Crippen molar-refractivity contribution in [3.8, 4) is 0 Å². The minimum absolute atomic E-state index is 0.108. The molecule has 1 aromatic rings. The average molecular weight is 323 g/mol. The fourth-order valence-electron chi connectivity index (χ4n) is 2.65. The number of carbonyl (C=O) groups excluding carboxylic acids is 2. The van der Waals surface area contributed by atoms with Gasteiger partial charge in [0.25, 0.3) is 0 Å². The van der Waals surface area contributed by atoms with Gasteiger partial charge in [-0.15, -0.1) is 0 Å². The molecule has 0 unspecified atom stereocenters. The fraction of sp³-hybridized carbons (Fsp3) is 0.500. The molecule has 1 fully saturated rings. The van der Waals surface area contributed by atoms with Gasteiger partial charge in [0.15, 0.2) is 0 Å². The van der Waals surface area contributed by atoms with Crippen molar-refractivity contribution in [1.29, 1.82) is 0 Å². The summed E-state index contributed by atoms with van der Waals surface area (Å²) in [7, 11) is 1.34. The Morgan fingerprint density at radius 2 is 2.04 bits per heavy atom. The van der Waals surface area contributed by atoms with Crippen molar-refractivity contribution < 1.29 is 18.7 Å². The quantitative estimate of drug-likeness (QED) is 0.897. The Labute approximate surface area is 135 Å². The van der Waals surface area contributed by atoms with E-state index in [2.05, 4.69) is 10.6 Å². The van der Waals surface area contributed by atoms with E-state index >= 15 is 0 Å². The van der Waals surface area contributed by atoms with Gasteiger partial charge in [0.05, 0.1) is 13.2 Å². The number of carbonyl (C=O) groups is 2. The number of urea groups is 1. The summed E-state index contributed by atoms with van der Waals surface area (Å²) in [6.45, 7) is 2.90. The largest absolute Gasteiger partial charge is 0.453 e. The van der Waals surface area contributed by atoms with Crippen LogP contribution in [0.25, 0.3) is 0 Å². The summed E-state index contributed by atoms with van der Waals surface area (Å²) in [6, 6.07) is 5.35. The van der Waals surface area contributed by atoms with Crippen LogP contribution in [0.4, 0.5) is 14.0 Å². The molecule has 1 aromatic carbocycles. The standard InChI is InChI=1S/C16H22FN3O3/c1-11(12-5-7-13(17)8-6-12)18-15(21)19-14-4-3-9-20(10-14)16(22)23-2/h5-8,11,14H,3-4,9-10H2,1-2H3,(H2,18,19,21)/t11-,14+/m1/s1. The average Bonchev–Trinajstić information content (AvgIpc) is 2.54. The van der Waals surface area contributed by atoms with Gasteiger partial charge in [-0.2, -0.15) is 0 Å². The summed E-state index contributed by atoms with van der Waals surface area (Å²) in [4.78, 5) is 25.2. The molecule has 2 N–H and O–H groups in total. The monoisotopic (exact) mass is 323 g/mol. The maximum atomic E-state index is 12.9. The minimum atomic E-state index is -0.378. The molecule has 0 aliphatic carbocycles. The van der Waals surface area contributed by atoms with Crippen LogP contribution in [-0.2, 0) is 4.74 Å². The molecule has 7 heteroatoms. The number of piperidine rings is 1. The molecule has 0 spiro atoms. The second-order valence-corrected chi connectivity index (χ2v) is 5.65. The normalized spacial score (nSPS) is 18.9. The van der Waals surface area contributed by atoms with E-state index in [4.69, 9.17) is 4.74 Å². The number of nitrogens with zero attached hydrogens (tertiary/aromatic N) is 1. The summed E-state index contributed by atoms with van der Waals surface area (Å²) in [5.74, 6) is -0.310. The number of rotatable bonds is 3. The van der Waals surface area contributed by atoms with Crippen LogP contribution < -0.4 is 10.6 Å². The maximum absolute atomic E-state index is 12.9. The minimum Gasteiger partial charge on any atom is -0.453 e. The number of ether oxygens (including phenoxy) is 1. The first-order chi connectivity index (χ1) is 11.0. The smallest absolute Gasteiger partial charge is 0.409 e. The van der Waals surface area contributed by atoms with Crippen molar-refractivity contribution in [2.24, 2.45) is 0 Å². The first-order valence-electron chi connectivity index (χ1n) is 7.65. The van der Waals surface area contributed by atoms with E-state index < -0.39 is 0 Å². The van der Waals surface area contributed by atoms with E-state index in [-0.39, 0.29) is 30.0 Å². The molecule has 23 heavy (non-hydrogen) atoms. The number of likely N-dealkylation sites (tertiary alicyclic amines) is 1. The summed E-state index contributed by atoms with van der Waals surface area (Å²) in [6.07, 6.45) is 1.25. The number of nitrogens with one attached hydrogen (secondary N) is 2. The second-order valence-electron chi connectivity index (χ2n) is 5.65. The number of benzene rings is 1. The summed E-state index contributed by atoms with van der Waals surface area (Å²) >= 11 is 0. The Kier molecular flexibility index (Phi) is 5.78. The van der Waals surface area contributed by atoms with Crippen LogP contribution in [0.2, 0.25) is 0 Å². The Hall–Kier alpha value is -2.31. The van der Waals surface area contributed by atoms with Gasteiger partial charge in [0, 0.05) is 19.1 Å². The molecule has 6 nitrogen and oxygen atoms in total. The topological polar surface area (TPSA) is 70.7 Å². The molecule has 3 amide bonds. The zero-order chi connectivity index (χ0) is 16.8. The van der Waals surface area contributed by atoms with E-state index in [1.54, 1.807) is 17.0 Å². The number of amides is 3. The molecule has 0 radical (unpaired) electrons. The number of hydrogen-bond donors (Lipinski definition) is 2. The predicted octanol–water partition coefficient (Wildman–Crippen LogP) is 2.42. The number of halogens is 1. The molecule has 1 saturated heterocycles. The van der Waals surface area contributed by atoms with Gasteiger partial charge in [0.1, 0.15) is 5.82 Å². The van der Waals surface area contributed by atoms with Crippen LogP contribution in [0.15, 0.2) is 24.3 Å². The molecule has 0 aromatic heterocycles. The lowest BCUT2D eigenvalue weighted by molar-refractivity contribution is 0.108. The fourth-order valence-corrected chi connectivity index (χ4v) is 2.65. The second kappa shape index (κ2) is 7.80. The van der Waals surface area contributed by atoms with Crippen LogP contribution in [0.3, 0.4) is 0 Å². The number of methoxy groups -OCH3 is 1. The molecule has 1 heterocycles. The predicted molar refractivity (Wildman–Crippen MR) is 83.5 cm³/mol. The molecule has 126 valence electrons. The Bertz CT molecular complexity index is 550. The van der Waals surface area contributed by atoms with Gasteiger partial charge in [0.2, 0.25) is 0 Å². The first kappa shape index (κ1) is 17.1. The molecule has 2 atom stereocenters. The van der Waals surface area contributed by atoms with E-state index in [1.807, 2.05) is 6.92 Å². The van der Waals surface area contributed by atoms with Crippen molar-refractivity contribution in [3.05, 3.63) is 35.6 Å². The summed E-state index contributed by atoms with van der Waals surface area (Å²) < 4.78 is 17.6. The van der Waals surface area contributed by atoms with Crippen molar-refractivity contribution in [3.63, 3.8) is 0 Å². The Balaban J connectivity index is 1.84. The van der Waals surface area contributed by atoms with E-state index in [9.17, 15) is 14.0 Å². The van der Waals surface area contributed by atoms with Crippen molar-refractivity contribution >= 4 is 12.1 Å². The van der Waals surface area contributed by atoms with Crippen LogP contribution in [-0.4, -0.2) is 43.3 Å². The molecule has 0 bridgehead atoms. The van der Waals surface area contributed by atoms with Crippen LogP contribution in [0, 0.1) is 5.82 Å². The van der Waals surface area contributed by atoms with Crippen molar-refractivity contribution in [2.45, 2.75) is 31.8 Å². The van der Waals surface area contributed by atoms with Gasteiger partial charge in [-0.25, -0.2) is 14.0 Å². The maximum Gasteiger partial charge on any atom is 0.409 e. The van der Waals surface area contributed by atoms with Gasteiger partial charge in [-0.1, -0.05) is 12.1 Å². The highest BCUT2D eigenvalue weighted by atomic mass is 19.1. The van der Waals surface area contributed by atoms with Gasteiger partial charge < -0.3 is 20.3 Å². The third-order valence-electron chi connectivity index (χ3n) is 3.91. The van der Waals surface area contributed by atoms with E-state index in [0.29, 0.717) is 13.1 Å².